The van der Waals surface area contributed by atoms with Gasteiger partial charge in [-0.15, -0.1) is 11.3 Å². The molecule has 0 radical (unpaired) electrons. The topological polar surface area (TPSA) is 51.8 Å². The fourth-order valence-electron chi connectivity index (χ4n) is 8.69. The van der Waals surface area contributed by atoms with Crippen molar-refractivity contribution >= 4 is 53.4 Å². The molecule has 8 aromatic carbocycles. The highest BCUT2D eigenvalue weighted by Gasteiger charge is 2.19. The molecule has 0 aliphatic carbocycles. The first-order chi connectivity index (χ1) is 30.7. The quantitative estimate of drug-likeness (QED) is 0.161. The summed E-state index contributed by atoms with van der Waals surface area (Å²) in [5.41, 5.74) is 15.5. The Morgan fingerprint density at radius 3 is 1.68 bits per heavy atom. The second-order valence-corrected chi connectivity index (χ2v) is 16.7. The van der Waals surface area contributed by atoms with Crippen molar-refractivity contribution in [1.82, 2.24) is 15.0 Å². The van der Waals surface area contributed by atoms with Gasteiger partial charge in [0.15, 0.2) is 5.82 Å². The lowest BCUT2D eigenvalue weighted by atomic mass is 9.94. The highest BCUT2D eigenvalue weighted by molar-refractivity contribution is 7.25. The average molecular weight is 810 g/mol. The Hall–Kier alpha value is -7.99. The van der Waals surface area contributed by atoms with Crippen LogP contribution in [-0.2, 0) is 0 Å². The van der Waals surface area contributed by atoms with Crippen molar-refractivity contribution in [2.24, 2.45) is 0 Å². The molecule has 0 N–H and O–H groups in total. The van der Waals surface area contributed by atoms with Gasteiger partial charge in [-0.2, -0.15) is 0 Å². The number of para-hydroxylation sites is 1. The number of hydrogen-bond donors (Lipinski definition) is 0. The van der Waals surface area contributed by atoms with Gasteiger partial charge >= 0.3 is 0 Å². The van der Waals surface area contributed by atoms with E-state index in [1.54, 1.807) is 6.20 Å². The van der Waals surface area contributed by atoms with Crippen molar-refractivity contribution in [2.75, 3.05) is 0 Å². The van der Waals surface area contributed by atoms with Crippen molar-refractivity contribution in [3.63, 3.8) is 0 Å². The first-order valence-electron chi connectivity index (χ1n) is 20.7. The first kappa shape index (κ1) is 35.9. The third kappa shape index (κ3) is 6.35. The van der Waals surface area contributed by atoms with Crippen LogP contribution in [0.2, 0.25) is 0 Å². The minimum atomic E-state index is 0.678. The SMILES string of the molecule is c1ccc(-c2cc(-c3ccc(-c4ccc(-c5ccc6c(c5)sc5ccccc56)c5c4oc4ccccc45)cc3)nc(-c3ccc(-c4ccc(-c5cccnc5)cc4)cc3)n2)cc1. The van der Waals surface area contributed by atoms with Gasteiger partial charge in [-0.05, 0) is 75.3 Å². The fourth-order valence-corrected chi connectivity index (χ4v) is 9.84. The van der Waals surface area contributed by atoms with E-state index >= 15 is 0 Å². The smallest absolute Gasteiger partial charge is 0.160 e. The summed E-state index contributed by atoms with van der Waals surface area (Å²) in [7, 11) is 0. The molecule has 290 valence electrons. The van der Waals surface area contributed by atoms with Crippen LogP contribution in [0.25, 0.3) is 121 Å². The second-order valence-electron chi connectivity index (χ2n) is 15.6. The maximum atomic E-state index is 6.72. The van der Waals surface area contributed by atoms with Crippen molar-refractivity contribution < 1.29 is 4.42 Å². The Kier molecular flexibility index (Phi) is 8.65. The van der Waals surface area contributed by atoms with E-state index in [1.165, 1.54) is 31.3 Å². The van der Waals surface area contributed by atoms with Gasteiger partial charge in [-0.1, -0.05) is 164 Å². The number of furan rings is 1. The van der Waals surface area contributed by atoms with Gasteiger partial charge in [0, 0.05) is 65.6 Å². The van der Waals surface area contributed by atoms with Crippen LogP contribution in [0.3, 0.4) is 0 Å². The minimum Gasteiger partial charge on any atom is -0.455 e. The number of nitrogens with zero attached hydrogens (tertiary/aromatic N) is 3. The van der Waals surface area contributed by atoms with Crippen LogP contribution < -0.4 is 0 Å². The van der Waals surface area contributed by atoms with Crippen LogP contribution in [0.1, 0.15) is 0 Å². The molecule has 0 unspecified atom stereocenters. The van der Waals surface area contributed by atoms with Gasteiger partial charge < -0.3 is 4.42 Å². The highest BCUT2D eigenvalue weighted by Crippen LogP contribution is 2.44. The van der Waals surface area contributed by atoms with E-state index in [4.69, 9.17) is 14.4 Å². The molecule has 62 heavy (non-hydrogen) atoms. The predicted octanol–water partition coefficient (Wildman–Crippen LogP) is 15.8. The van der Waals surface area contributed by atoms with E-state index in [9.17, 15) is 0 Å². The molecule has 0 fully saturated rings. The number of hydrogen-bond acceptors (Lipinski definition) is 5. The number of rotatable bonds is 7. The molecular formula is C57H35N3OS. The lowest BCUT2D eigenvalue weighted by Crippen LogP contribution is -1.96. The average Bonchev–Trinajstić information content (AvgIpc) is 3.93. The molecule has 0 amide bonds. The number of thiophene rings is 1. The zero-order valence-corrected chi connectivity index (χ0v) is 34.2. The number of benzene rings is 8. The van der Waals surface area contributed by atoms with Crippen LogP contribution in [0.15, 0.2) is 217 Å². The van der Waals surface area contributed by atoms with Gasteiger partial charge in [-0.25, -0.2) is 9.97 Å². The molecule has 0 aliphatic rings. The molecule has 0 aliphatic heterocycles. The molecule has 0 spiro atoms. The maximum Gasteiger partial charge on any atom is 0.160 e. The first-order valence-corrected chi connectivity index (χ1v) is 21.5. The summed E-state index contributed by atoms with van der Waals surface area (Å²) in [6.45, 7) is 0. The summed E-state index contributed by atoms with van der Waals surface area (Å²) >= 11 is 1.85. The van der Waals surface area contributed by atoms with E-state index in [1.807, 2.05) is 47.9 Å². The molecule has 0 saturated heterocycles. The molecule has 12 aromatic rings. The maximum absolute atomic E-state index is 6.72. The minimum absolute atomic E-state index is 0.678. The summed E-state index contributed by atoms with van der Waals surface area (Å²) in [5.74, 6) is 0.678. The van der Waals surface area contributed by atoms with Crippen molar-refractivity contribution in [3.8, 4) is 78.4 Å². The van der Waals surface area contributed by atoms with E-state index in [0.29, 0.717) is 5.82 Å². The zero-order chi connectivity index (χ0) is 41.0. The zero-order valence-electron chi connectivity index (χ0n) is 33.4. The molecule has 12 rings (SSSR count). The second kappa shape index (κ2) is 14.9. The lowest BCUT2D eigenvalue weighted by molar-refractivity contribution is 0.670. The Labute approximate surface area is 362 Å². The van der Waals surface area contributed by atoms with Crippen molar-refractivity contribution in [2.45, 2.75) is 0 Å². The van der Waals surface area contributed by atoms with Gasteiger partial charge in [-0.3, -0.25) is 4.98 Å². The normalized spacial score (nSPS) is 11.5. The van der Waals surface area contributed by atoms with Crippen LogP contribution >= 0.6 is 11.3 Å². The Morgan fingerprint density at radius 1 is 0.371 bits per heavy atom. The van der Waals surface area contributed by atoms with Crippen LogP contribution in [0.5, 0.6) is 0 Å². The van der Waals surface area contributed by atoms with E-state index < -0.39 is 0 Å². The molecule has 4 nitrogen and oxygen atoms in total. The summed E-state index contributed by atoms with van der Waals surface area (Å²) in [6, 6.07) is 70.6. The van der Waals surface area contributed by atoms with Gasteiger partial charge in [0.1, 0.15) is 11.2 Å². The molecule has 0 bridgehead atoms. The summed E-state index contributed by atoms with van der Waals surface area (Å²) in [4.78, 5) is 14.5. The number of pyridine rings is 1. The summed E-state index contributed by atoms with van der Waals surface area (Å²) in [5, 5.41) is 4.84. The monoisotopic (exact) mass is 809 g/mol. The number of aromatic nitrogens is 3. The van der Waals surface area contributed by atoms with Crippen molar-refractivity contribution in [3.05, 3.63) is 213 Å². The molecule has 4 aromatic heterocycles. The third-order valence-electron chi connectivity index (χ3n) is 11.9. The Balaban J connectivity index is 0.904. The molecule has 0 atom stereocenters. The van der Waals surface area contributed by atoms with E-state index in [-0.39, 0.29) is 0 Å². The molecular weight excluding hydrogens is 775 g/mol. The fraction of sp³-hybridized carbons (Fsp3) is 0. The van der Waals surface area contributed by atoms with Crippen LogP contribution in [0, 0.1) is 0 Å². The van der Waals surface area contributed by atoms with Gasteiger partial charge in [0.2, 0.25) is 0 Å². The predicted molar refractivity (Wildman–Crippen MR) is 258 cm³/mol. The van der Waals surface area contributed by atoms with Gasteiger partial charge in [0.25, 0.3) is 0 Å². The largest absolute Gasteiger partial charge is 0.455 e. The summed E-state index contributed by atoms with van der Waals surface area (Å²) < 4.78 is 9.31. The molecule has 5 heteroatoms. The standard InChI is InChI=1S/C57H35N3OS/c1-2-9-40(10-3-1)50-34-51(60-57(59-50)42-26-20-37(21-27-42)36-16-18-38(19-17-36)44-11-8-32-58-35-44)41-24-22-39(23-25-41)46-31-30-45(55-49-13-4-6-14-52(49)61-56(46)55)43-28-29-48-47-12-5-7-15-53(47)62-54(48)33-43/h1-35H. The van der Waals surface area contributed by atoms with Gasteiger partial charge in [0.05, 0.1) is 11.4 Å². The van der Waals surface area contributed by atoms with E-state index in [2.05, 4.69) is 175 Å². The summed E-state index contributed by atoms with van der Waals surface area (Å²) in [6.07, 6.45) is 3.69. The lowest BCUT2D eigenvalue weighted by Gasteiger charge is -2.11. The number of fused-ring (bicyclic) bond motifs is 6. The van der Waals surface area contributed by atoms with Crippen LogP contribution in [0.4, 0.5) is 0 Å². The molecule has 0 saturated carbocycles. The Bertz CT molecular complexity index is 3590. The van der Waals surface area contributed by atoms with Crippen LogP contribution in [-0.4, -0.2) is 15.0 Å². The Morgan fingerprint density at radius 2 is 0.935 bits per heavy atom. The molecule has 4 heterocycles. The van der Waals surface area contributed by atoms with Crippen molar-refractivity contribution in [1.29, 1.82) is 0 Å². The third-order valence-corrected chi connectivity index (χ3v) is 13.0. The highest BCUT2D eigenvalue weighted by atomic mass is 32.1. The van der Waals surface area contributed by atoms with E-state index in [0.717, 1.165) is 83.4 Å².